The van der Waals surface area contributed by atoms with Crippen LogP contribution in [-0.2, 0) is 0 Å². The number of anilines is 1. The molecule has 0 radical (unpaired) electrons. The van der Waals surface area contributed by atoms with Crippen LogP contribution in [0.3, 0.4) is 0 Å². The maximum Gasteiger partial charge on any atom is 0.258 e. The predicted octanol–water partition coefficient (Wildman–Crippen LogP) is 4.06. The van der Waals surface area contributed by atoms with Crippen molar-refractivity contribution in [2.45, 2.75) is 6.92 Å². The Morgan fingerprint density at radius 1 is 1.15 bits per heavy atom. The number of para-hydroxylation sites is 1. The van der Waals surface area contributed by atoms with Crippen LogP contribution in [-0.4, -0.2) is 10.1 Å². The molecule has 0 fully saturated rings. The summed E-state index contributed by atoms with van der Waals surface area (Å²) in [6.07, 6.45) is 0. The monoisotopic (exact) mass is 329 g/mol. The first-order chi connectivity index (χ1) is 9.63. The summed E-state index contributed by atoms with van der Waals surface area (Å²) in [4.78, 5) is 4.42. The van der Waals surface area contributed by atoms with Gasteiger partial charge in [0.05, 0.1) is 0 Å². The molecule has 100 valence electrons. The lowest BCUT2D eigenvalue weighted by Crippen LogP contribution is -1.90. The highest BCUT2D eigenvalue weighted by molar-refractivity contribution is 9.10. The first-order valence-electron chi connectivity index (χ1n) is 6.09. The number of nitrogens with two attached hydrogens (primary N) is 1. The Morgan fingerprint density at radius 2 is 1.95 bits per heavy atom. The van der Waals surface area contributed by atoms with Gasteiger partial charge in [-0.25, -0.2) is 0 Å². The van der Waals surface area contributed by atoms with Crippen LogP contribution in [0.25, 0.3) is 22.8 Å². The molecule has 0 bridgehead atoms. The topological polar surface area (TPSA) is 64.9 Å². The van der Waals surface area contributed by atoms with Crippen LogP contribution < -0.4 is 5.73 Å². The van der Waals surface area contributed by atoms with Crippen LogP contribution in [0, 0.1) is 6.92 Å². The SMILES string of the molecule is Cc1cc(Br)cc(-c2nc(-c3ccccc3N)no2)c1. The van der Waals surface area contributed by atoms with Crippen molar-refractivity contribution in [3.63, 3.8) is 0 Å². The van der Waals surface area contributed by atoms with Gasteiger partial charge >= 0.3 is 0 Å². The molecule has 3 aromatic rings. The van der Waals surface area contributed by atoms with Gasteiger partial charge < -0.3 is 10.3 Å². The zero-order valence-corrected chi connectivity index (χ0v) is 12.4. The molecule has 4 nitrogen and oxygen atoms in total. The number of halogens is 1. The third-order valence-electron chi connectivity index (χ3n) is 2.92. The van der Waals surface area contributed by atoms with E-state index < -0.39 is 0 Å². The van der Waals surface area contributed by atoms with Gasteiger partial charge in [0, 0.05) is 21.3 Å². The van der Waals surface area contributed by atoms with Crippen molar-refractivity contribution in [1.82, 2.24) is 10.1 Å². The third kappa shape index (κ3) is 2.44. The van der Waals surface area contributed by atoms with E-state index >= 15 is 0 Å². The Hall–Kier alpha value is -2.14. The summed E-state index contributed by atoms with van der Waals surface area (Å²) in [5.41, 5.74) is 9.32. The second-order valence-electron chi connectivity index (χ2n) is 4.53. The summed E-state index contributed by atoms with van der Waals surface area (Å²) < 4.78 is 6.31. The van der Waals surface area contributed by atoms with Crippen molar-refractivity contribution in [1.29, 1.82) is 0 Å². The Labute approximate surface area is 124 Å². The quantitative estimate of drug-likeness (QED) is 0.720. The number of rotatable bonds is 2. The Morgan fingerprint density at radius 3 is 2.70 bits per heavy atom. The van der Waals surface area contributed by atoms with Crippen molar-refractivity contribution >= 4 is 21.6 Å². The number of hydrogen-bond donors (Lipinski definition) is 1. The lowest BCUT2D eigenvalue weighted by molar-refractivity contribution is 0.432. The Bertz CT molecular complexity index is 747. The second-order valence-corrected chi connectivity index (χ2v) is 5.44. The van der Waals surface area contributed by atoms with Crippen LogP contribution in [0.5, 0.6) is 0 Å². The maximum absolute atomic E-state index is 5.92. The molecule has 2 N–H and O–H groups in total. The highest BCUT2D eigenvalue weighted by Gasteiger charge is 2.13. The fourth-order valence-corrected chi connectivity index (χ4v) is 2.62. The average molecular weight is 330 g/mol. The standard InChI is InChI=1S/C15H12BrN3O/c1-9-6-10(8-11(16)7-9)15-18-14(19-20-15)12-4-2-3-5-13(12)17/h2-8H,17H2,1H3. The van der Waals surface area contributed by atoms with Crippen LogP contribution in [0.4, 0.5) is 5.69 Å². The fourth-order valence-electron chi connectivity index (χ4n) is 2.01. The predicted molar refractivity (Wildman–Crippen MR) is 82.0 cm³/mol. The molecule has 5 heteroatoms. The minimum atomic E-state index is 0.479. The van der Waals surface area contributed by atoms with Crippen molar-refractivity contribution < 1.29 is 4.52 Å². The first-order valence-corrected chi connectivity index (χ1v) is 6.89. The number of nitrogens with zero attached hydrogens (tertiary/aromatic N) is 2. The third-order valence-corrected chi connectivity index (χ3v) is 3.37. The molecule has 2 aromatic carbocycles. The van der Waals surface area contributed by atoms with E-state index in [1.165, 1.54) is 0 Å². The summed E-state index contributed by atoms with van der Waals surface area (Å²) in [5, 5.41) is 4.00. The first kappa shape index (κ1) is 12.9. The molecule has 1 heterocycles. The Balaban J connectivity index is 2.04. The van der Waals surface area contributed by atoms with E-state index in [4.69, 9.17) is 10.3 Å². The van der Waals surface area contributed by atoms with Gasteiger partial charge in [-0.15, -0.1) is 0 Å². The number of nitrogen functional groups attached to an aromatic ring is 1. The lowest BCUT2D eigenvalue weighted by atomic mass is 10.1. The van der Waals surface area contributed by atoms with E-state index in [-0.39, 0.29) is 0 Å². The molecule has 0 saturated heterocycles. The van der Waals surface area contributed by atoms with Gasteiger partial charge in [-0.2, -0.15) is 4.98 Å². The minimum Gasteiger partial charge on any atom is -0.398 e. The van der Waals surface area contributed by atoms with Crippen LogP contribution in [0.15, 0.2) is 51.5 Å². The normalized spacial score (nSPS) is 10.7. The zero-order valence-electron chi connectivity index (χ0n) is 10.8. The molecule has 20 heavy (non-hydrogen) atoms. The van der Waals surface area contributed by atoms with Crippen molar-refractivity contribution in [2.24, 2.45) is 0 Å². The van der Waals surface area contributed by atoms with E-state index in [0.717, 1.165) is 21.2 Å². The molecule has 0 atom stereocenters. The molecule has 0 aliphatic carbocycles. The molecule has 0 aliphatic rings. The van der Waals surface area contributed by atoms with Gasteiger partial charge in [-0.1, -0.05) is 33.2 Å². The molecule has 0 aliphatic heterocycles. The minimum absolute atomic E-state index is 0.479. The van der Waals surface area contributed by atoms with Gasteiger partial charge in [0.1, 0.15) is 0 Å². The van der Waals surface area contributed by atoms with Gasteiger partial charge in [0.25, 0.3) is 5.89 Å². The summed E-state index contributed by atoms with van der Waals surface area (Å²) in [7, 11) is 0. The lowest BCUT2D eigenvalue weighted by Gasteiger charge is -1.99. The van der Waals surface area contributed by atoms with Crippen molar-refractivity contribution in [2.75, 3.05) is 5.73 Å². The average Bonchev–Trinajstić information content (AvgIpc) is 2.87. The largest absolute Gasteiger partial charge is 0.398 e. The van der Waals surface area contributed by atoms with Gasteiger partial charge in [-0.3, -0.25) is 0 Å². The summed E-state index contributed by atoms with van der Waals surface area (Å²) in [6, 6.07) is 13.4. The maximum atomic E-state index is 5.92. The van der Waals surface area contributed by atoms with E-state index in [1.54, 1.807) is 0 Å². The Kier molecular flexibility index (Phi) is 3.28. The summed E-state index contributed by atoms with van der Waals surface area (Å²) in [5.74, 6) is 0.975. The van der Waals surface area contributed by atoms with Gasteiger partial charge in [0.15, 0.2) is 0 Å². The smallest absolute Gasteiger partial charge is 0.258 e. The second kappa shape index (κ2) is 5.09. The summed E-state index contributed by atoms with van der Waals surface area (Å²) >= 11 is 3.46. The van der Waals surface area contributed by atoms with Gasteiger partial charge in [-0.05, 0) is 42.8 Å². The van der Waals surface area contributed by atoms with Crippen molar-refractivity contribution in [3.05, 3.63) is 52.5 Å². The molecule has 1 aromatic heterocycles. The molecule has 3 rings (SSSR count). The molecule has 0 amide bonds. The van der Waals surface area contributed by atoms with Crippen LogP contribution >= 0.6 is 15.9 Å². The highest BCUT2D eigenvalue weighted by Crippen LogP contribution is 2.28. The summed E-state index contributed by atoms with van der Waals surface area (Å²) in [6.45, 7) is 2.01. The molecule has 0 unspecified atom stereocenters. The van der Waals surface area contributed by atoms with E-state index in [2.05, 4.69) is 26.1 Å². The van der Waals surface area contributed by atoms with E-state index in [9.17, 15) is 0 Å². The number of aryl methyl sites for hydroxylation is 1. The van der Waals surface area contributed by atoms with E-state index in [1.807, 2.05) is 49.4 Å². The van der Waals surface area contributed by atoms with Crippen LogP contribution in [0.2, 0.25) is 0 Å². The fraction of sp³-hybridized carbons (Fsp3) is 0.0667. The highest BCUT2D eigenvalue weighted by atomic mass is 79.9. The zero-order chi connectivity index (χ0) is 14.1. The molecule has 0 spiro atoms. The number of aromatic nitrogens is 2. The van der Waals surface area contributed by atoms with Gasteiger partial charge in [0.2, 0.25) is 5.82 Å². The molecular formula is C15H12BrN3O. The number of hydrogen-bond acceptors (Lipinski definition) is 4. The number of benzene rings is 2. The molecular weight excluding hydrogens is 318 g/mol. The van der Waals surface area contributed by atoms with Crippen molar-refractivity contribution in [3.8, 4) is 22.8 Å². The van der Waals surface area contributed by atoms with E-state index in [0.29, 0.717) is 17.4 Å². The molecule has 0 saturated carbocycles. The van der Waals surface area contributed by atoms with Crippen LogP contribution in [0.1, 0.15) is 5.56 Å².